The first-order valence-electron chi connectivity index (χ1n) is 6.11. The predicted octanol–water partition coefficient (Wildman–Crippen LogP) is 4.72. The first-order chi connectivity index (χ1) is 7.54. The number of hydrogen-bond acceptors (Lipinski definition) is 0. The van der Waals surface area contributed by atoms with Crippen LogP contribution in [0.4, 0.5) is 0 Å². The van der Waals surface area contributed by atoms with Crippen molar-refractivity contribution in [1.82, 2.24) is 0 Å². The Morgan fingerprint density at radius 3 is 1.19 bits per heavy atom. The maximum absolute atomic E-state index is 4.01. The summed E-state index contributed by atoms with van der Waals surface area (Å²) in [6.07, 6.45) is 9.56. The molecule has 0 aliphatic carbocycles. The topological polar surface area (TPSA) is 0 Å². The van der Waals surface area contributed by atoms with Crippen LogP contribution in [0.15, 0.2) is 48.9 Å². The first-order valence-corrected chi connectivity index (χ1v) is 12.1. The van der Waals surface area contributed by atoms with E-state index >= 15 is 0 Å². The highest BCUT2D eigenvalue weighted by Crippen LogP contribution is 2.24. The molecule has 2 heteroatoms. The third-order valence-corrected chi connectivity index (χ3v) is 10.3. The summed E-state index contributed by atoms with van der Waals surface area (Å²) in [5.41, 5.74) is 4.46. The molecular weight excluding hydrogens is 224 g/mol. The smallest absolute Gasteiger partial charge is 0.0813 e. The van der Waals surface area contributed by atoms with Gasteiger partial charge in [-0.3, -0.25) is 0 Å². The molecule has 0 aromatic rings. The molecule has 0 nitrogen and oxygen atoms in total. The lowest BCUT2D eigenvalue weighted by atomic mass is 10.6. The summed E-state index contributed by atoms with van der Waals surface area (Å²) >= 11 is 0. The zero-order chi connectivity index (χ0) is 12.1. The van der Waals surface area contributed by atoms with Crippen molar-refractivity contribution in [3.8, 4) is 0 Å². The first kappa shape index (κ1) is 13.5. The Morgan fingerprint density at radius 2 is 1.00 bits per heavy atom. The summed E-state index contributed by atoms with van der Waals surface area (Å²) in [4.78, 5) is 0. The molecule has 1 heterocycles. The molecule has 0 spiro atoms. The van der Waals surface area contributed by atoms with Gasteiger partial charge < -0.3 is 0 Å². The van der Waals surface area contributed by atoms with Gasteiger partial charge in [0, 0.05) is 0 Å². The fourth-order valence-electron chi connectivity index (χ4n) is 1.91. The van der Waals surface area contributed by atoms with E-state index in [0.717, 1.165) is 0 Å². The van der Waals surface area contributed by atoms with Gasteiger partial charge in [-0.05, 0) is 24.2 Å². The molecule has 0 saturated heterocycles. The lowest BCUT2D eigenvalue weighted by molar-refractivity contribution is 1.36. The molecule has 0 N–H and O–H groups in total. The van der Waals surface area contributed by atoms with Crippen molar-refractivity contribution < 1.29 is 0 Å². The van der Waals surface area contributed by atoms with Crippen LogP contribution in [0.5, 0.6) is 0 Å². The molecule has 0 unspecified atom stereocenters. The average molecular weight is 249 g/mol. The third kappa shape index (κ3) is 3.76. The molecule has 1 aliphatic rings. The predicted molar refractivity (Wildman–Crippen MR) is 81.1 cm³/mol. The molecular formula is C14H24Si2. The van der Waals surface area contributed by atoms with Crippen LogP contribution in [0.25, 0.3) is 0 Å². The van der Waals surface area contributed by atoms with Crippen LogP contribution in [0.2, 0.25) is 37.3 Å². The number of hydrogen-bond donors (Lipinski definition) is 0. The van der Waals surface area contributed by atoms with Crippen molar-refractivity contribution in [2.45, 2.75) is 37.3 Å². The summed E-state index contributed by atoms with van der Waals surface area (Å²) in [5, 5.41) is 0. The van der Waals surface area contributed by atoms with E-state index in [1.54, 1.807) is 0 Å². The Morgan fingerprint density at radius 1 is 0.750 bits per heavy atom. The van der Waals surface area contributed by atoms with Gasteiger partial charge in [0.2, 0.25) is 0 Å². The molecule has 1 aliphatic heterocycles. The highest BCUT2D eigenvalue weighted by atomic mass is 28.3. The molecule has 16 heavy (non-hydrogen) atoms. The van der Waals surface area contributed by atoms with Gasteiger partial charge in [0.15, 0.2) is 0 Å². The molecule has 0 aromatic heterocycles. The second-order valence-corrected chi connectivity index (χ2v) is 14.5. The maximum atomic E-state index is 4.01. The number of rotatable bonds is 2. The molecule has 0 aromatic carbocycles. The van der Waals surface area contributed by atoms with Crippen molar-refractivity contribution >= 4 is 16.1 Å². The maximum Gasteiger partial charge on any atom is 0.0813 e. The minimum Gasteiger partial charge on any atom is -0.107 e. The van der Waals surface area contributed by atoms with Crippen molar-refractivity contribution in [2.24, 2.45) is 0 Å². The van der Waals surface area contributed by atoms with E-state index in [2.05, 4.69) is 62.0 Å². The van der Waals surface area contributed by atoms with E-state index in [9.17, 15) is 0 Å². The molecule has 0 atom stereocenters. The summed E-state index contributed by atoms with van der Waals surface area (Å²) in [5.74, 6) is 0. The van der Waals surface area contributed by atoms with E-state index < -0.39 is 16.1 Å². The molecule has 0 saturated carbocycles. The molecule has 0 fully saturated rings. The molecule has 0 bridgehead atoms. The Balaban J connectivity index is 2.79. The highest BCUT2D eigenvalue weighted by Gasteiger charge is 2.23. The van der Waals surface area contributed by atoms with E-state index in [0.29, 0.717) is 0 Å². The van der Waals surface area contributed by atoms with Gasteiger partial charge in [0.05, 0.1) is 16.1 Å². The van der Waals surface area contributed by atoms with Crippen molar-refractivity contribution in [3.05, 3.63) is 48.9 Å². The Kier molecular flexibility index (Phi) is 4.75. The van der Waals surface area contributed by atoms with Gasteiger partial charge in [-0.15, -0.1) is 24.6 Å². The van der Waals surface area contributed by atoms with Crippen molar-refractivity contribution in [2.75, 3.05) is 0 Å². The molecule has 1 rings (SSSR count). The van der Waals surface area contributed by atoms with E-state index in [1.165, 1.54) is 24.2 Å². The fourth-order valence-corrected chi connectivity index (χ4v) is 5.73. The minimum absolute atomic E-state index is 1.22. The second-order valence-electron chi connectivity index (χ2n) is 5.48. The van der Waals surface area contributed by atoms with Gasteiger partial charge in [-0.2, -0.15) is 0 Å². The van der Waals surface area contributed by atoms with Crippen molar-refractivity contribution in [1.29, 1.82) is 0 Å². The quantitative estimate of drug-likeness (QED) is 0.490. The normalized spacial score (nSPS) is 39.6. The lowest BCUT2D eigenvalue weighted by Gasteiger charge is -2.23. The van der Waals surface area contributed by atoms with Gasteiger partial charge in [0.1, 0.15) is 0 Å². The summed E-state index contributed by atoms with van der Waals surface area (Å²) < 4.78 is 0. The van der Waals surface area contributed by atoms with Crippen LogP contribution < -0.4 is 0 Å². The molecule has 88 valence electrons. The molecule has 0 radical (unpaired) electrons. The van der Waals surface area contributed by atoms with E-state index in [-0.39, 0.29) is 0 Å². The van der Waals surface area contributed by atoms with Crippen molar-refractivity contribution in [3.63, 3.8) is 0 Å². The average Bonchev–Trinajstić information content (AvgIpc) is 2.30. The fraction of sp³-hybridized carbons (Fsp3) is 0.429. The zero-order valence-electron chi connectivity index (χ0n) is 10.7. The Hall–Kier alpha value is -0.606. The number of allylic oxidation sites excluding steroid dienone is 4. The summed E-state index contributed by atoms with van der Waals surface area (Å²) in [6, 6.07) is 4.95. The standard InChI is InChI=1S/C14H24Si2/c1-5-15(3)11-7-9-13-16(4,6-2)14-10-8-12-15/h5-10H,1-2,11-14H2,3-4H3/b9-7+,10-8+. The third-order valence-electron chi connectivity index (χ3n) is 3.66. The van der Waals surface area contributed by atoms with Gasteiger partial charge in [-0.25, -0.2) is 0 Å². The Bertz CT molecular complexity index is 265. The largest absolute Gasteiger partial charge is 0.107 e. The lowest BCUT2D eigenvalue weighted by Crippen LogP contribution is -2.28. The summed E-state index contributed by atoms with van der Waals surface area (Å²) in [6.45, 7) is 12.9. The van der Waals surface area contributed by atoms with Gasteiger partial charge in [-0.1, -0.05) is 37.4 Å². The van der Waals surface area contributed by atoms with Crippen LogP contribution in [0, 0.1) is 0 Å². The van der Waals surface area contributed by atoms with Crippen LogP contribution in [0.1, 0.15) is 0 Å². The van der Waals surface area contributed by atoms with Gasteiger partial charge in [0.25, 0.3) is 0 Å². The monoisotopic (exact) mass is 248 g/mol. The van der Waals surface area contributed by atoms with Gasteiger partial charge >= 0.3 is 0 Å². The molecule has 0 amide bonds. The van der Waals surface area contributed by atoms with E-state index in [1.807, 2.05) is 0 Å². The van der Waals surface area contributed by atoms with E-state index in [4.69, 9.17) is 0 Å². The highest BCUT2D eigenvalue weighted by molar-refractivity contribution is 6.85. The minimum atomic E-state index is -1.22. The Labute approximate surface area is 102 Å². The SMILES string of the molecule is C=C[Si]1(C)C/C=C/C[Si](C)(C=C)C/C=C/C1. The van der Waals surface area contributed by atoms with Crippen LogP contribution in [-0.4, -0.2) is 16.1 Å². The van der Waals surface area contributed by atoms with Crippen LogP contribution >= 0.6 is 0 Å². The second kappa shape index (κ2) is 5.64. The zero-order valence-corrected chi connectivity index (χ0v) is 12.7. The summed E-state index contributed by atoms with van der Waals surface area (Å²) in [7, 11) is -2.45. The van der Waals surface area contributed by atoms with Crippen LogP contribution in [-0.2, 0) is 0 Å². The van der Waals surface area contributed by atoms with Crippen LogP contribution in [0.3, 0.4) is 0 Å².